The van der Waals surface area contributed by atoms with E-state index in [1.54, 1.807) is 19.1 Å². The summed E-state index contributed by atoms with van der Waals surface area (Å²) in [5.41, 5.74) is 0.125. The van der Waals surface area contributed by atoms with Crippen molar-refractivity contribution >= 4 is 11.7 Å². The quantitative estimate of drug-likeness (QED) is 0.477. The van der Waals surface area contributed by atoms with Crippen molar-refractivity contribution in [3.8, 4) is 11.6 Å². The molecule has 0 aliphatic carbocycles. The first kappa shape index (κ1) is 14.4. The van der Waals surface area contributed by atoms with Gasteiger partial charge in [0.05, 0.1) is 17.1 Å². The first-order valence-electron chi connectivity index (χ1n) is 6.16. The van der Waals surface area contributed by atoms with Crippen LogP contribution in [0.4, 0.5) is 5.69 Å². The molecule has 2 aromatic rings. The van der Waals surface area contributed by atoms with Crippen LogP contribution in [-0.2, 0) is 4.74 Å². The number of carbonyl (C=O) groups is 1. The van der Waals surface area contributed by atoms with Gasteiger partial charge in [-0.25, -0.2) is 9.78 Å². The minimum atomic E-state index is -0.539. The summed E-state index contributed by atoms with van der Waals surface area (Å²) >= 11 is 0. The van der Waals surface area contributed by atoms with Gasteiger partial charge in [0.15, 0.2) is 0 Å². The highest BCUT2D eigenvalue weighted by atomic mass is 16.6. The number of carbonyl (C=O) groups excluding carboxylic acids is 1. The minimum Gasteiger partial charge on any atom is -0.462 e. The zero-order chi connectivity index (χ0) is 15.2. The summed E-state index contributed by atoms with van der Waals surface area (Å²) in [4.78, 5) is 25.7. The summed E-state index contributed by atoms with van der Waals surface area (Å²) in [5, 5.41) is 10.9. The average molecular weight is 288 g/mol. The topological polar surface area (TPSA) is 91.6 Å². The number of hydrogen-bond acceptors (Lipinski definition) is 6. The van der Waals surface area contributed by atoms with Crippen molar-refractivity contribution in [2.45, 2.75) is 6.92 Å². The Labute approximate surface area is 120 Å². The molecule has 1 aromatic heterocycles. The van der Waals surface area contributed by atoms with Crippen LogP contribution < -0.4 is 4.74 Å². The van der Waals surface area contributed by atoms with Crippen LogP contribution in [-0.4, -0.2) is 22.5 Å². The second-order valence-corrected chi connectivity index (χ2v) is 3.93. The molecule has 0 saturated heterocycles. The summed E-state index contributed by atoms with van der Waals surface area (Å²) < 4.78 is 10.2. The molecule has 0 unspecified atom stereocenters. The van der Waals surface area contributed by atoms with E-state index in [1.807, 2.05) is 0 Å². The second kappa shape index (κ2) is 6.47. The fraction of sp³-hybridized carbons (Fsp3) is 0.143. The van der Waals surface area contributed by atoms with Crippen molar-refractivity contribution in [3.05, 3.63) is 58.3 Å². The van der Waals surface area contributed by atoms with E-state index in [4.69, 9.17) is 9.47 Å². The van der Waals surface area contributed by atoms with Crippen LogP contribution >= 0.6 is 0 Å². The molecule has 0 N–H and O–H groups in total. The number of ether oxygens (including phenoxy) is 2. The molecule has 0 fully saturated rings. The van der Waals surface area contributed by atoms with Crippen LogP contribution in [0.25, 0.3) is 0 Å². The molecule has 0 aliphatic rings. The zero-order valence-electron chi connectivity index (χ0n) is 11.2. The highest BCUT2D eigenvalue weighted by Crippen LogP contribution is 2.29. The van der Waals surface area contributed by atoms with E-state index in [2.05, 4.69) is 4.98 Å². The molecule has 0 bridgehead atoms. The number of nitrogens with zero attached hydrogens (tertiary/aromatic N) is 2. The Morgan fingerprint density at radius 1 is 1.29 bits per heavy atom. The van der Waals surface area contributed by atoms with E-state index >= 15 is 0 Å². The summed E-state index contributed by atoms with van der Waals surface area (Å²) in [6.45, 7) is 1.98. The standard InChI is InChI=1S/C14H12N2O5/c1-2-20-14(17)10-7-8-13(15-9-10)21-12-6-4-3-5-11(12)16(18)19/h3-9H,2H2,1H3. The van der Waals surface area contributed by atoms with Gasteiger partial charge in [-0.1, -0.05) is 12.1 Å². The van der Waals surface area contributed by atoms with Crippen molar-refractivity contribution in [1.29, 1.82) is 0 Å². The van der Waals surface area contributed by atoms with Gasteiger partial charge in [-0.05, 0) is 19.1 Å². The Hall–Kier alpha value is -2.96. The first-order valence-corrected chi connectivity index (χ1v) is 6.16. The van der Waals surface area contributed by atoms with E-state index in [0.717, 1.165) is 0 Å². The number of nitro groups is 1. The van der Waals surface area contributed by atoms with Gasteiger partial charge in [-0.2, -0.15) is 0 Å². The molecule has 0 spiro atoms. The fourth-order valence-electron chi connectivity index (χ4n) is 1.58. The summed E-state index contributed by atoms with van der Waals surface area (Å²) in [5.74, 6) is -0.251. The van der Waals surface area contributed by atoms with E-state index in [9.17, 15) is 14.9 Å². The lowest BCUT2D eigenvalue weighted by molar-refractivity contribution is -0.385. The normalized spacial score (nSPS) is 9.95. The average Bonchev–Trinajstić information content (AvgIpc) is 2.48. The van der Waals surface area contributed by atoms with Crippen LogP contribution in [0.2, 0.25) is 0 Å². The van der Waals surface area contributed by atoms with Gasteiger partial charge in [-0.3, -0.25) is 10.1 Å². The molecule has 0 aliphatic heterocycles. The molecular weight excluding hydrogens is 276 g/mol. The minimum absolute atomic E-state index is 0.0823. The predicted octanol–water partition coefficient (Wildman–Crippen LogP) is 2.96. The van der Waals surface area contributed by atoms with Crippen molar-refractivity contribution in [2.24, 2.45) is 0 Å². The van der Waals surface area contributed by atoms with Gasteiger partial charge >= 0.3 is 11.7 Å². The lowest BCUT2D eigenvalue weighted by Gasteiger charge is -2.06. The van der Waals surface area contributed by atoms with Crippen molar-refractivity contribution in [3.63, 3.8) is 0 Å². The number of benzene rings is 1. The van der Waals surface area contributed by atoms with Gasteiger partial charge in [0, 0.05) is 18.3 Å². The van der Waals surface area contributed by atoms with Crippen LogP contribution in [0.3, 0.4) is 0 Å². The molecule has 0 amide bonds. The Morgan fingerprint density at radius 2 is 2.05 bits per heavy atom. The zero-order valence-corrected chi connectivity index (χ0v) is 11.2. The molecule has 21 heavy (non-hydrogen) atoms. The largest absolute Gasteiger partial charge is 0.462 e. The molecule has 0 saturated carbocycles. The molecule has 2 rings (SSSR count). The first-order chi connectivity index (χ1) is 10.1. The number of rotatable bonds is 5. The third-order valence-electron chi connectivity index (χ3n) is 2.52. The number of esters is 1. The second-order valence-electron chi connectivity index (χ2n) is 3.93. The summed E-state index contributed by atoms with van der Waals surface area (Å²) in [6, 6.07) is 8.90. The van der Waals surface area contributed by atoms with Gasteiger partial charge in [0.1, 0.15) is 0 Å². The molecule has 108 valence electrons. The van der Waals surface area contributed by atoms with Crippen LogP contribution in [0, 0.1) is 10.1 Å². The Kier molecular flexibility index (Phi) is 4.45. The Balaban J connectivity index is 2.18. The maximum atomic E-state index is 11.5. The van der Waals surface area contributed by atoms with E-state index in [1.165, 1.54) is 30.5 Å². The Bertz CT molecular complexity index is 655. The smallest absolute Gasteiger partial charge is 0.339 e. The van der Waals surface area contributed by atoms with Gasteiger partial charge in [0.2, 0.25) is 11.6 Å². The number of para-hydroxylation sites is 2. The van der Waals surface area contributed by atoms with Crippen LogP contribution in [0.15, 0.2) is 42.6 Å². The van der Waals surface area contributed by atoms with Crippen molar-refractivity contribution < 1.29 is 19.2 Å². The molecule has 1 heterocycles. The molecule has 7 nitrogen and oxygen atoms in total. The van der Waals surface area contributed by atoms with Gasteiger partial charge in [0.25, 0.3) is 0 Å². The maximum absolute atomic E-state index is 11.5. The van der Waals surface area contributed by atoms with Gasteiger partial charge < -0.3 is 9.47 Å². The predicted molar refractivity (Wildman–Crippen MR) is 73.4 cm³/mol. The summed E-state index contributed by atoms with van der Waals surface area (Å²) in [7, 11) is 0. The monoisotopic (exact) mass is 288 g/mol. The Morgan fingerprint density at radius 3 is 2.67 bits per heavy atom. The highest BCUT2D eigenvalue weighted by molar-refractivity contribution is 5.89. The van der Waals surface area contributed by atoms with E-state index in [-0.39, 0.29) is 29.5 Å². The van der Waals surface area contributed by atoms with Gasteiger partial charge in [-0.15, -0.1) is 0 Å². The SMILES string of the molecule is CCOC(=O)c1ccc(Oc2ccccc2[N+](=O)[O-])nc1. The lowest BCUT2D eigenvalue weighted by atomic mass is 10.3. The van der Waals surface area contributed by atoms with E-state index in [0.29, 0.717) is 0 Å². The molecular formula is C14H12N2O5. The third kappa shape index (κ3) is 3.53. The summed E-state index contributed by atoms with van der Waals surface area (Å²) in [6.07, 6.45) is 1.29. The number of hydrogen-bond donors (Lipinski definition) is 0. The van der Waals surface area contributed by atoms with Crippen LogP contribution in [0.5, 0.6) is 11.6 Å². The number of aromatic nitrogens is 1. The van der Waals surface area contributed by atoms with Crippen molar-refractivity contribution in [2.75, 3.05) is 6.61 Å². The molecule has 0 atom stereocenters. The maximum Gasteiger partial charge on any atom is 0.339 e. The van der Waals surface area contributed by atoms with Crippen LogP contribution in [0.1, 0.15) is 17.3 Å². The lowest BCUT2D eigenvalue weighted by Crippen LogP contribution is -2.05. The third-order valence-corrected chi connectivity index (χ3v) is 2.52. The number of pyridine rings is 1. The van der Waals surface area contributed by atoms with E-state index < -0.39 is 10.9 Å². The molecule has 7 heteroatoms. The van der Waals surface area contributed by atoms with Crippen molar-refractivity contribution in [1.82, 2.24) is 4.98 Å². The molecule has 0 radical (unpaired) electrons. The molecule has 1 aromatic carbocycles. The number of nitro benzene ring substituents is 1. The highest BCUT2D eigenvalue weighted by Gasteiger charge is 2.15. The fourth-order valence-corrected chi connectivity index (χ4v) is 1.58.